The summed E-state index contributed by atoms with van der Waals surface area (Å²) in [6.45, 7) is 2.64. The third-order valence-electron chi connectivity index (χ3n) is 3.06. The molecular weight excluding hydrogens is 254 g/mol. The minimum atomic E-state index is -0.114. The molecule has 1 atom stereocenters. The first-order valence-electron chi connectivity index (χ1n) is 6.67. The smallest absolute Gasteiger partial charge is 0.251 e. The van der Waals surface area contributed by atoms with Gasteiger partial charge in [-0.15, -0.1) is 0 Å². The zero-order valence-electron chi connectivity index (χ0n) is 11.5. The zero-order chi connectivity index (χ0) is 14.4. The summed E-state index contributed by atoms with van der Waals surface area (Å²) >= 11 is 0. The van der Waals surface area contributed by atoms with E-state index in [4.69, 9.17) is 5.11 Å². The molecule has 0 fully saturated rings. The Morgan fingerprint density at radius 1 is 1.40 bits per heavy atom. The van der Waals surface area contributed by atoms with Crippen molar-refractivity contribution in [1.82, 2.24) is 15.1 Å². The lowest BCUT2D eigenvalue weighted by atomic mass is 10.1. The van der Waals surface area contributed by atoms with Crippen molar-refractivity contribution in [1.29, 1.82) is 0 Å². The van der Waals surface area contributed by atoms with Crippen LogP contribution in [0.2, 0.25) is 0 Å². The molecule has 1 aromatic carbocycles. The first-order chi connectivity index (χ1) is 9.69. The van der Waals surface area contributed by atoms with E-state index in [0.717, 1.165) is 5.56 Å². The molecule has 0 aliphatic heterocycles. The van der Waals surface area contributed by atoms with E-state index in [1.54, 1.807) is 18.3 Å². The van der Waals surface area contributed by atoms with Crippen LogP contribution < -0.4 is 5.32 Å². The molecule has 1 amide bonds. The highest BCUT2D eigenvalue weighted by Gasteiger charge is 2.09. The van der Waals surface area contributed by atoms with Crippen molar-refractivity contribution in [3.05, 3.63) is 53.9 Å². The minimum Gasteiger partial charge on any atom is -0.396 e. The molecule has 20 heavy (non-hydrogen) atoms. The molecule has 2 N–H and O–H groups in total. The maximum atomic E-state index is 11.9. The maximum Gasteiger partial charge on any atom is 0.251 e. The fraction of sp³-hybridized carbons (Fsp3) is 0.333. The van der Waals surface area contributed by atoms with Crippen molar-refractivity contribution in [3.8, 4) is 0 Å². The number of aliphatic hydroxyl groups excluding tert-OH is 1. The van der Waals surface area contributed by atoms with Crippen LogP contribution in [0, 0.1) is 0 Å². The molecular formula is C15H19N3O2. The van der Waals surface area contributed by atoms with Gasteiger partial charge in [0, 0.05) is 30.6 Å². The highest BCUT2D eigenvalue weighted by Crippen LogP contribution is 2.06. The topological polar surface area (TPSA) is 67.2 Å². The predicted molar refractivity (Wildman–Crippen MR) is 76.4 cm³/mol. The molecule has 1 aromatic heterocycles. The number of nitrogens with zero attached hydrogens (tertiary/aromatic N) is 2. The largest absolute Gasteiger partial charge is 0.396 e. The molecule has 5 nitrogen and oxygen atoms in total. The van der Waals surface area contributed by atoms with Crippen LogP contribution in [-0.2, 0) is 6.54 Å². The molecule has 0 radical (unpaired) electrons. The monoisotopic (exact) mass is 273 g/mol. The van der Waals surface area contributed by atoms with Crippen molar-refractivity contribution < 1.29 is 9.90 Å². The number of nitrogens with one attached hydrogen (secondary N) is 1. The molecule has 0 aliphatic rings. The van der Waals surface area contributed by atoms with Gasteiger partial charge in [0.05, 0.1) is 6.54 Å². The molecule has 0 saturated heterocycles. The normalized spacial score (nSPS) is 12.1. The number of amides is 1. The Morgan fingerprint density at radius 3 is 2.75 bits per heavy atom. The van der Waals surface area contributed by atoms with Gasteiger partial charge in [0.1, 0.15) is 0 Å². The van der Waals surface area contributed by atoms with Crippen LogP contribution in [-0.4, -0.2) is 33.4 Å². The molecule has 1 heterocycles. The van der Waals surface area contributed by atoms with E-state index in [9.17, 15) is 4.79 Å². The fourth-order valence-electron chi connectivity index (χ4n) is 1.92. The van der Waals surface area contributed by atoms with Crippen molar-refractivity contribution in [2.24, 2.45) is 0 Å². The molecule has 0 bridgehead atoms. The number of carbonyl (C=O) groups excluding carboxylic acids is 1. The minimum absolute atomic E-state index is 0.0312. The van der Waals surface area contributed by atoms with E-state index in [1.807, 2.05) is 36.0 Å². The summed E-state index contributed by atoms with van der Waals surface area (Å²) in [5.41, 5.74) is 1.72. The first kappa shape index (κ1) is 14.3. The Bertz CT molecular complexity index is 535. The van der Waals surface area contributed by atoms with Crippen LogP contribution in [0.3, 0.4) is 0 Å². The summed E-state index contributed by atoms with van der Waals surface area (Å²) in [6.07, 6.45) is 4.20. The van der Waals surface area contributed by atoms with Crippen LogP contribution >= 0.6 is 0 Å². The van der Waals surface area contributed by atoms with Crippen molar-refractivity contribution >= 4 is 5.91 Å². The number of hydrogen-bond acceptors (Lipinski definition) is 3. The lowest BCUT2D eigenvalue weighted by molar-refractivity contribution is 0.0934. The SMILES string of the molecule is CC(CCO)NC(=O)c1ccc(Cn2cccn2)cc1. The van der Waals surface area contributed by atoms with Crippen molar-refractivity contribution in [3.63, 3.8) is 0 Å². The number of aromatic nitrogens is 2. The Balaban J connectivity index is 1.95. The average molecular weight is 273 g/mol. The van der Waals surface area contributed by atoms with Gasteiger partial charge in [0.15, 0.2) is 0 Å². The second-order valence-electron chi connectivity index (χ2n) is 4.79. The Kier molecular flexibility index (Phi) is 4.90. The average Bonchev–Trinajstić information content (AvgIpc) is 2.92. The van der Waals surface area contributed by atoms with Crippen molar-refractivity contribution in [2.75, 3.05) is 6.61 Å². The van der Waals surface area contributed by atoms with Crippen molar-refractivity contribution in [2.45, 2.75) is 25.9 Å². The standard InChI is InChI=1S/C15H19N3O2/c1-12(7-10-19)17-15(20)14-5-3-13(4-6-14)11-18-9-2-8-16-18/h2-6,8-9,12,19H,7,10-11H2,1H3,(H,17,20). The van der Waals surface area contributed by atoms with Gasteiger partial charge in [-0.05, 0) is 37.1 Å². The lowest BCUT2D eigenvalue weighted by Gasteiger charge is -2.12. The number of rotatable bonds is 6. The fourth-order valence-corrected chi connectivity index (χ4v) is 1.92. The van der Waals surface area contributed by atoms with Gasteiger partial charge in [0.25, 0.3) is 5.91 Å². The number of aliphatic hydroxyl groups is 1. The van der Waals surface area contributed by atoms with Gasteiger partial charge in [-0.1, -0.05) is 12.1 Å². The summed E-state index contributed by atoms with van der Waals surface area (Å²) in [7, 11) is 0. The van der Waals surface area contributed by atoms with E-state index >= 15 is 0 Å². The van der Waals surface area contributed by atoms with Gasteiger partial charge in [-0.25, -0.2) is 0 Å². The second kappa shape index (κ2) is 6.86. The van der Waals surface area contributed by atoms with E-state index in [2.05, 4.69) is 10.4 Å². The predicted octanol–water partition coefficient (Wildman–Crippen LogP) is 1.43. The molecule has 106 valence electrons. The summed E-state index contributed by atoms with van der Waals surface area (Å²) in [5, 5.41) is 15.8. The van der Waals surface area contributed by atoms with Crippen LogP contribution in [0.25, 0.3) is 0 Å². The summed E-state index contributed by atoms with van der Waals surface area (Å²) < 4.78 is 1.83. The summed E-state index contributed by atoms with van der Waals surface area (Å²) in [4.78, 5) is 11.9. The van der Waals surface area contributed by atoms with Crippen LogP contribution in [0.1, 0.15) is 29.3 Å². The van der Waals surface area contributed by atoms with Crippen LogP contribution in [0.15, 0.2) is 42.7 Å². The third-order valence-corrected chi connectivity index (χ3v) is 3.06. The molecule has 2 aromatic rings. The quantitative estimate of drug-likeness (QED) is 0.836. The Morgan fingerprint density at radius 2 is 2.15 bits per heavy atom. The van der Waals surface area contributed by atoms with Crippen LogP contribution in [0.5, 0.6) is 0 Å². The number of hydrogen-bond donors (Lipinski definition) is 2. The van der Waals surface area contributed by atoms with Gasteiger partial charge >= 0.3 is 0 Å². The molecule has 2 rings (SSSR count). The number of carbonyl (C=O) groups is 1. The van der Waals surface area contributed by atoms with E-state index in [0.29, 0.717) is 18.5 Å². The Labute approximate surface area is 118 Å². The van der Waals surface area contributed by atoms with E-state index in [-0.39, 0.29) is 18.6 Å². The van der Waals surface area contributed by atoms with Gasteiger partial charge in [0.2, 0.25) is 0 Å². The summed E-state index contributed by atoms with van der Waals surface area (Å²) in [6, 6.07) is 9.31. The Hall–Kier alpha value is -2.14. The van der Waals surface area contributed by atoms with Gasteiger partial charge in [-0.2, -0.15) is 5.10 Å². The number of benzene rings is 1. The van der Waals surface area contributed by atoms with E-state index < -0.39 is 0 Å². The van der Waals surface area contributed by atoms with Gasteiger partial charge < -0.3 is 10.4 Å². The molecule has 5 heteroatoms. The second-order valence-corrected chi connectivity index (χ2v) is 4.79. The van der Waals surface area contributed by atoms with Crippen LogP contribution in [0.4, 0.5) is 0 Å². The van der Waals surface area contributed by atoms with E-state index in [1.165, 1.54) is 0 Å². The molecule has 0 spiro atoms. The lowest BCUT2D eigenvalue weighted by Crippen LogP contribution is -2.33. The third kappa shape index (κ3) is 3.93. The zero-order valence-corrected chi connectivity index (χ0v) is 11.5. The molecule has 1 unspecified atom stereocenters. The molecule has 0 aliphatic carbocycles. The highest BCUT2D eigenvalue weighted by atomic mass is 16.3. The summed E-state index contributed by atoms with van der Waals surface area (Å²) in [5.74, 6) is -0.114. The first-order valence-corrected chi connectivity index (χ1v) is 6.67. The maximum absolute atomic E-state index is 11.9. The van der Waals surface area contributed by atoms with Gasteiger partial charge in [-0.3, -0.25) is 9.48 Å². The molecule has 0 saturated carbocycles. The highest BCUT2D eigenvalue weighted by molar-refractivity contribution is 5.94.